The predicted octanol–water partition coefficient (Wildman–Crippen LogP) is 2.99. The van der Waals surface area contributed by atoms with E-state index in [9.17, 15) is 35.2 Å². The number of rotatable bonds is 3. The highest BCUT2D eigenvalue weighted by Gasteiger charge is 2.39. The molecule has 1 aromatic heterocycles. The summed E-state index contributed by atoms with van der Waals surface area (Å²) in [4.78, 5) is 23.5. The minimum absolute atomic E-state index is 0.0145. The maximum atomic E-state index is 14.7. The van der Waals surface area contributed by atoms with E-state index in [0.717, 1.165) is 12.3 Å². The largest absolute Gasteiger partial charge is 0.434 e. The Morgan fingerprint density at radius 3 is 2.32 bits per heavy atom. The first-order valence-electron chi connectivity index (χ1n) is 10.5. The number of hydrogen-bond donors (Lipinski definition) is 0. The fourth-order valence-electron chi connectivity index (χ4n) is 4.30. The first-order valence-corrected chi connectivity index (χ1v) is 12.4. The van der Waals surface area contributed by atoms with Gasteiger partial charge in [-0.05, 0) is 18.9 Å². The van der Waals surface area contributed by atoms with Crippen LogP contribution in [0.25, 0.3) is 0 Å². The average molecular weight is 504 g/mol. The van der Waals surface area contributed by atoms with Gasteiger partial charge in [-0.25, -0.2) is 27.2 Å². The summed E-state index contributed by atoms with van der Waals surface area (Å²) in [6.07, 6.45) is -2.77. The third-order valence-electron chi connectivity index (χ3n) is 6.14. The molecule has 1 aromatic carbocycles. The van der Waals surface area contributed by atoms with Crippen LogP contribution in [0.5, 0.6) is 0 Å². The molecule has 0 radical (unpaired) electrons. The summed E-state index contributed by atoms with van der Waals surface area (Å²) < 4.78 is 90.1. The van der Waals surface area contributed by atoms with E-state index in [4.69, 9.17) is 0 Å². The minimum Gasteiger partial charge on any atom is -0.351 e. The zero-order valence-corrected chi connectivity index (χ0v) is 18.6. The summed E-state index contributed by atoms with van der Waals surface area (Å²) in [5.74, 6) is -2.64. The Hall–Kier alpha value is -2.83. The Morgan fingerprint density at radius 2 is 1.74 bits per heavy atom. The molecule has 2 fully saturated rings. The average Bonchev–Trinajstić information content (AvgIpc) is 2.78. The topological polar surface area (TPSA) is 83.5 Å². The summed E-state index contributed by atoms with van der Waals surface area (Å²) in [5.41, 5.74) is -1.11. The van der Waals surface area contributed by atoms with Crippen molar-refractivity contribution < 1.29 is 35.2 Å². The molecule has 0 bridgehead atoms. The zero-order chi connectivity index (χ0) is 24.7. The number of benzene rings is 1. The van der Waals surface area contributed by atoms with Crippen molar-refractivity contribution >= 4 is 21.6 Å². The van der Waals surface area contributed by atoms with Crippen LogP contribution in [0.1, 0.15) is 30.1 Å². The lowest BCUT2D eigenvalue weighted by Crippen LogP contribution is -2.53. The van der Waals surface area contributed by atoms with E-state index in [0.29, 0.717) is 12.3 Å². The van der Waals surface area contributed by atoms with Crippen molar-refractivity contribution in [2.45, 2.75) is 25.1 Å². The molecule has 3 heterocycles. The maximum Gasteiger partial charge on any atom is 0.434 e. The van der Waals surface area contributed by atoms with Crippen molar-refractivity contribution in [1.29, 1.82) is 0 Å². The number of piperazine rings is 1. The molecule has 4 rings (SSSR count). The Morgan fingerprint density at radius 1 is 1.03 bits per heavy atom. The highest BCUT2D eigenvalue weighted by atomic mass is 32.2. The molecular weight excluding hydrogens is 483 g/mol. The van der Waals surface area contributed by atoms with Crippen molar-refractivity contribution in [2.75, 3.05) is 36.0 Å². The van der Waals surface area contributed by atoms with Gasteiger partial charge < -0.3 is 9.80 Å². The second-order valence-corrected chi connectivity index (χ2v) is 10.6. The molecular formula is C21H21F5N4O3S. The summed E-state index contributed by atoms with van der Waals surface area (Å²) in [7, 11) is -3.19. The van der Waals surface area contributed by atoms with E-state index in [2.05, 4.69) is 9.97 Å². The van der Waals surface area contributed by atoms with Crippen LogP contribution in [0, 0.1) is 17.6 Å². The molecule has 2 saturated heterocycles. The number of alkyl halides is 3. The lowest BCUT2D eigenvalue weighted by atomic mass is 9.96. The van der Waals surface area contributed by atoms with Crippen molar-refractivity contribution in [2.24, 2.45) is 5.92 Å². The van der Waals surface area contributed by atoms with Crippen molar-refractivity contribution in [3.8, 4) is 0 Å². The van der Waals surface area contributed by atoms with E-state index in [1.54, 1.807) is 4.90 Å². The first-order chi connectivity index (χ1) is 15.9. The molecule has 0 spiro atoms. The van der Waals surface area contributed by atoms with Crippen molar-refractivity contribution in [1.82, 2.24) is 14.9 Å². The molecule has 1 atom stereocenters. The van der Waals surface area contributed by atoms with Gasteiger partial charge in [0.05, 0.1) is 29.9 Å². The smallest absolute Gasteiger partial charge is 0.351 e. The van der Waals surface area contributed by atoms with Gasteiger partial charge in [0.25, 0.3) is 0 Å². The van der Waals surface area contributed by atoms with Gasteiger partial charge in [0.15, 0.2) is 5.69 Å². The van der Waals surface area contributed by atoms with Crippen LogP contribution in [0.4, 0.5) is 27.8 Å². The number of aromatic nitrogens is 2. The Balaban J connectivity index is 1.61. The molecule has 2 aliphatic heterocycles. The third-order valence-corrected chi connectivity index (χ3v) is 7.86. The molecule has 13 heteroatoms. The van der Waals surface area contributed by atoms with Crippen molar-refractivity contribution in [3.05, 3.63) is 53.5 Å². The lowest BCUT2D eigenvalue weighted by molar-refractivity contribution is -0.141. The Labute approximate surface area is 192 Å². The Bertz CT molecular complexity index is 1160. The summed E-state index contributed by atoms with van der Waals surface area (Å²) in [6.45, 7) is 0.266. The van der Waals surface area contributed by atoms with Crippen molar-refractivity contribution in [3.63, 3.8) is 0 Å². The monoisotopic (exact) mass is 504 g/mol. The third kappa shape index (κ3) is 5.13. The standard InChI is InChI=1S/C21H21F5N4O3S/c22-14-1-2-15(16(23)9-14)17-12-29(19-11-27-18(10-28-19)21(24,25)26)5-6-30(17)20(31)13-3-7-34(32,33)8-4-13/h1-2,9-11,13,17H,3-8,12H2. The number of sulfone groups is 1. The number of hydrogen-bond acceptors (Lipinski definition) is 6. The molecule has 184 valence electrons. The molecule has 0 saturated carbocycles. The van der Waals surface area contributed by atoms with E-state index in [-0.39, 0.29) is 61.3 Å². The van der Waals surface area contributed by atoms with Crippen LogP contribution in [0.2, 0.25) is 0 Å². The second-order valence-electron chi connectivity index (χ2n) is 8.34. The van der Waals surface area contributed by atoms with Crippen LogP contribution < -0.4 is 4.90 Å². The molecule has 7 nitrogen and oxygen atoms in total. The number of carbonyl (C=O) groups is 1. The summed E-state index contributed by atoms with van der Waals surface area (Å²) in [5, 5.41) is 0. The van der Waals surface area contributed by atoms with Gasteiger partial charge >= 0.3 is 6.18 Å². The molecule has 0 aliphatic carbocycles. The van der Waals surface area contributed by atoms with Crippen LogP contribution in [0.3, 0.4) is 0 Å². The van der Waals surface area contributed by atoms with Crippen LogP contribution >= 0.6 is 0 Å². The highest BCUT2D eigenvalue weighted by molar-refractivity contribution is 7.91. The van der Waals surface area contributed by atoms with Crippen LogP contribution in [-0.2, 0) is 20.8 Å². The quantitative estimate of drug-likeness (QED) is 0.598. The van der Waals surface area contributed by atoms with Crippen LogP contribution in [-0.4, -0.2) is 60.3 Å². The second kappa shape index (κ2) is 9.08. The molecule has 1 unspecified atom stereocenters. The lowest BCUT2D eigenvalue weighted by Gasteiger charge is -2.43. The fourth-order valence-corrected chi connectivity index (χ4v) is 5.79. The van der Waals surface area contributed by atoms with Gasteiger partial charge in [-0.1, -0.05) is 6.07 Å². The van der Waals surface area contributed by atoms with Crippen LogP contribution in [0.15, 0.2) is 30.6 Å². The number of carbonyl (C=O) groups excluding carboxylic acids is 1. The molecule has 0 N–H and O–H groups in total. The predicted molar refractivity (Wildman–Crippen MR) is 111 cm³/mol. The van der Waals surface area contributed by atoms with Gasteiger partial charge in [-0.15, -0.1) is 0 Å². The molecule has 1 amide bonds. The maximum absolute atomic E-state index is 14.7. The minimum atomic E-state index is -4.65. The summed E-state index contributed by atoms with van der Waals surface area (Å²) >= 11 is 0. The van der Waals surface area contributed by atoms with E-state index in [1.807, 2.05) is 0 Å². The van der Waals surface area contributed by atoms with Gasteiger partial charge in [0.1, 0.15) is 27.3 Å². The highest BCUT2D eigenvalue weighted by Crippen LogP contribution is 2.33. The van der Waals surface area contributed by atoms with Gasteiger partial charge in [-0.3, -0.25) is 4.79 Å². The number of amides is 1. The fraction of sp³-hybridized carbons (Fsp3) is 0.476. The molecule has 34 heavy (non-hydrogen) atoms. The van der Waals surface area contributed by atoms with E-state index in [1.165, 1.54) is 11.0 Å². The molecule has 2 aliphatic rings. The number of anilines is 1. The van der Waals surface area contributed by atoms with Gasteiger partial charge in [-0.2, -0.15) is 13.2 Å². The summed E-state index contributed by atoms with van der Waals surface area (Å²) in [6, 6.07) is 2.10. The zero-order valence-electron chi connectivity index (χ0n) is 17.8. The van der Waals surface area contributed by atoms with E-state index >= 15 is 0 Å². The van der Waals surface area contributed by atoms with Gasteiger partial charge in [0.2, 0.25) is 5.91 Å². The number of halogens is 5. The number of nitrogens with zero attached hydrogens (tertiary/aromatic N) is 4. The SMILES string of the molecule is O=C(C1CCS(=O)(=O)CC1)N1CCN(c2cnc(C(F)(F)F)cn2)CC1c1ccc(F)cc1F. The normalized spacial score (nSPS) is 21.5. The molecule has 2 aromatic rings. The Kier molecular flexibility index (Phi) is 6.49. The van der Waals surface area contributed by atoms with Gasteiger partial charge in [0, 0.05) is 37.2 Å². The first kappa shape index (κ1) is 24.3. The van der Waals surface area contributed by atoms with E-state index < -0.39 is 45.3 Å².